The molecule has 212 valence electrons. The Balaban J connectivity index is 1.86. The van der Waals surface area contributed by atoms with E-state index in [2.05, 4.69) is 18.8 Å². The van der Waals surface area contributed by atoms with E-state index in [1.54, 1.807) is 44.4 Å². The van der Waals surface area contributed by atoms with Gasteiger partial charge in [0.25, 0.3) is 5.56 Å². The number of nitrogens with zero attached hydrogens (tertiary/aromatic N) is 2. The largest absolute Gasteiger partial charge is 0.504 e. The first-order valence-electron chi connectivity index (χ1n) is 13.1. The number of ether oxygens (including phenoxy) is 4. The maximum Gasteiger partial charge on any atom is 0.338 e. The van der Waals surface area contributed by atoms with Crippen molar-refractivity contribution in [3.05, 3.63) is 78.5 Å². The maximum atomic E-state index is 13.8. The summed E-state index contributed by atoms with van der Waals surface area (Å²) in [5.41, 5.74) is 1.74. The fourth-order valence-corrected chi connectivity index (χ4v) is 5.48. The smallest absolute Gasteiger partial charge is 0.338 e. The lowest BCUT2D eigenvalue weighted by Gasteiger charge is -2.25. The zero-order valence-electron chi connectivity index (χ0n) is 23.5. The van der Waals surface area contributed by atoms with Crippen LogP contribution < -0.4 is 29.1 Å². The summed E-state index contributed by atoms with van der Waals surface area (Å²) >= 11 is 1.21. The lowest BCUT2D eigenvalue weighted by atomic mass is 9.95. The first kappa shape index (κ1) is 28.9. The van der Waals surface area contributed by atoms with Gasteiger partial charge in [-0.25, -0.2) is 9.79 Å². The van der Waals surface area contributed by atoms with Gasteiger partial charge >= 0.3 is 5.97 Å². The second kappa shape index (κ2) is 12.4. The molecule has 1 aliphatic rings. The molecular weight excluding hydrogens is 532 g/mol. The molecule has 1 aliphatic heterocycles. The molecule has 0 fully saturated rings. The van der Waals surface area contributed by atoms with Crippen LogP contribution in [0.2, 0.25) is 0 Å². The number of aromatic hydroxyl groups is 1. The Morgan fingerprint density at radius 1 is 1.12 bits per heavy atom. The summed E-state index contributed by atoms with van der Waals surface area (Å²) in [5.74, 6) is 1.34. The van der Waals surface area contributed by atoms with Crippen molar-refractivity contribution in [1.82, 2.24) is 4.57 Å². The van der Waals surface area contributed by atoms with E-state index < -0.39 is 12.0 Å². The molecule has 1 N–H and O–H groups in total. The van der Waals surface area contributed by atoms with Crippen molar-refractivity contribution < 1.29 is 28.8 Å². The fraction of sp³-hybridized carbons (Fsp3) is 0.367. The third-order valence-corrected chi connectivity index (χ3v) is 7.45. The second-order valence-corrected chi connectivity index (χ2v) is 10.7. The monoisotopic (exact) mass is 566 g/mol. The van der Waals surface area contributed by atoms with Gasteiger partial charge in [0.1, 0.15) is 0 Å². The van der Waals surface area contributed by atoms with Crippen LogP contribution in [0, 0.1) is 5.92 Å². The molecule has 0 bridgehead atoms. The number of carbonyl (C=O) groups is 1. The van der Waals surface area contributed by atoms with Crippen LogP contribution in [-0.2, 0) is 9.53 Å². The van der Waals surface area contributed by atoms with Crippen LogP contribution in [0.4, 0.5) is 0 Å². The molecular formula is C30H34N2O7S. The molecule has 0 radical (unpaired) electrons. The van der Waals surface area contributed by atoms with Crippen LogP contribution >= 0.6 is 11.3 Å². The van der Waals surface area contributed by atoms with E-state index >= 15 is 0 Å². The van der Waals surface area contributed by atoms with Crippen molar-refractivity contribution in [2.75, 3.05) is 27.4 Å². The van der Waals surface area contributed by atoms with Crippen molar-refractivity contribution in [3.63, 3.8) is 0 Å². The second-order valence-electron chi connectivity index (χ2n) is 9.67. The van der Waals surface area contributed by atoms with Crippen LogP contribution in [-0.4, -0.2) is 43.1 Å². The third kappa shape index (κ3) is 5.91. The summed E-state index contributed by atoms with van der Waals surface area (Å²) < 4.78 is 24.1. The molecule has 0 spiro atoms. The van der Waals surface area contributed by atoms with Crippen molar-refractivity contribution in [2.45, 2.75) is 40.2 Å². The van der Waals surface area contributed by atoms with Gasteiger partial charge in [-0.2, -0.15) is 0 Å². The highest BCUT2D eigenvalue weighted by Gasteiger charge is 2.33. The number of hydrogen-bond donors (Lipinski definition) is 1. The van der Waals surface area contributed by atoms with Gasteiger partial charge in [-0.05, 0) is 67.7 Å². The van der Waals surface area contributed by atoms with Crippen molar-refractivity contribution >= 4 is 23.4 Å². The number of phenolic OH excluding ortho intramolecular Hbond substituents is 1. The number of methoxy groups -OCH3 is 2. The van der Waals surface area contributed by atoms with Crippen molar-refractivity contribution in [2.24, 2.45) is 10.9 Å². The summed E-state index contributed by atoms with van der Waals surface area (Å²) in [6.07, 6.45) is 2.61. The fourth-order valence-electron chi connectivity index (χ4n) is 4.43. The Hall–Kier alpha value is -4.05. The van der Waals surface area contributed by atoms with E-state index in [0.717, 1.165) is 6.42 Å². The lowest BCUT2D eigenvalue weighted by Crippen LogP contribution is -2.39. The first-order valence-corrected chi connectivity index (χ1v) is 13.9. The minimum Gasteiger partial charge on any atom is -0.504 e. The zero-order valence-corrected chi connectivity index (χ0v) is 24.3. The Labute approximate surface area is 236 Å². The average molecular weight is 567 g/mol. The van der Waals surface area contributed by atoms with Gasteiger partial charge in [0, 0.05) is 0 Å². The number of rotatable bonds is 10. The Morgan fingerprint density at radius 2 is 1.90 bits per heavy atom. The number of carbonyl (C=O) groups excluding carboxylic acids is 1. The molecule has 0 amide bonds. The average Bonchev–Trinajstić information content (AvgIpc) is 3.23. The number of allylic oxidation sites excluding steroid dienone is 1. The van der Waals surface area contributed by atoms with Gasteiger partial charge < -0.3 is 24.1 Å². The highest BCUT2D eigenvalue weighted by Crippen LogP contribution is 2.36. The summed E-state index contributed by atoms with van der Waals surface area (Å²) in [6, 6.07) is 9.49. The van der Waals surface area contributed by atoms with E-state index in [9.17, 15) is 14.7 Å². The molecule has 4 rings (SSSR count). The lowest BCUT2D eigenvalue weighted by molar-refractivity contribution is -0.136. The topological polar surface area (TPSA) is 109 Å². The maximum absolute atomic E-state index is 13.8. The molecule has 1 aromatic heterocycles. The van der Waals surface area contributed by atoms with Gasteiger partial charge in [-0.3, -0.25) is 9.36 Å². The predicted octanol–water partition coefficient (Wildman–Crippen LogP) is 3.95. The predicted molar refractivity (Wildman–Crippen MR) is 153 cm³/mol. The summed E-state index contributed by atoms with van der Waals surface area (Å²) in [6.45, 7) is 8.73. The number of fused-ring (bicyclic) bond motifs is 1. The van der Waals surface area contributed by atoms with Crippen LogP contribution in [0.3, 0.4) is 0 Å². The Morgan fingerprint density at radius 3 is 2.58 bits per heavy atom. The molecule has 2 heterocycles. The number of aromatic nitrogens is 1. The normalized spacial score (nSPS) is 15.1. The van der Waals surface area contributed by atoms with Crippen LogP contribution in [0.15, 0.2) is 57.5 Å². The molecule has 3 aromatic rings. The number of phenols is 1. The van der Waals surface area contributed by atoms with Gasteiger partial charge in [-0.1, -0.05) is 37.3 Å². The molecule has 1 unspecified atom stereocenters. The van der Waals surface area contributed by atoms with Crippen LogP contribution in [0.25, 0.3) is 6.08 Å². The van der Waals surface area contributed by atoms with E-state index in [4.69, 9.17) is 18.9 Å². The summed E-state index contributed by atoms with van der Waals surface area (Å²) in [7, 11) is 2.86. The molecule has 0 aliphatic carbocycles. The first-order chi connectivity index (χ1) is 19.2. The number of esters is 1. The quantitative estimate of drug-likeness (QED) is 0.370. The van der Waals surface area contributed by atoms with Crippen LogP contribution in [0.5, 0.6) is 23.0 Å². The third-order valence-electron chi connectivity index (χ3n) is 6.46. The minimum absolute atomic E-state index is 0.0179. The minimum atomic E-state index is -0.789. The molecule has 10 heteroatoms. The molecule has 0 saturated carbocycles. The summed E-state index contributed by atoms with van der Waals surface area (Å²) in [4.78, 5) is 31.9. The molecule has 0 saturated heterocycles. The van der Waals surface area contributed by atoms with E-state index in [-0.39, 0.29) is 16.9 Å². The molecule has 1 atom stereocenters. The zero-order chi connectivity index (χ0) is 29.0. The van der Waals surface area contributed by atoms with Gasteiger partial charge in [0.2, 0.25) is 0 Å². The number of thiazole rings is 1. The highest BCUT2D eigenvalue weighted by molar-refractivity contribution is 7.07. The Bertz CT molecular complexity index is 1620. The summed E-state index contributed by atoms with van der Waals surface area (Å²) in [5, 5.41) is 10.1. The molecule has 40 heavy (non-hydrogen) atoms. The van der Waals surface area contributed by atoms with Crippen LogP contribution in [0.1, 0.15) is 51.3 Å². The number of hydrogen-bond acceptors (Lipinski definition) is 9. The van der Waals surface area contributed by atoms with Gasteiger partial charge in [-0.15, -0.1) is 0 Å². The number of benzene rings is 2. The molecule has 9 nitrogen and oxygen atoms in total. The van der Waals surface area contributed by atoms with Gasteiger partial charge in [0.05, 0.1) is 49.3 Å². The highest BCUT2D eigenvalue weighted by atomic mass is 32.1. The van der Waals surface area contributed by atoms with Gasteiger partial charge in [0.15, 0.2) is 27.8 Å². The van der Waals surface area contributed by atoms with Crippen molar-refractivity contribution in [1.29, 1.82) is 0 Å². The van der Waals surface area contributed by atoms with E-state index in [1.807, 2.05) is 13.0 Å². The van der Waals surface area contributed by atoms with E-state index in [0.29, 0.717) is 62.5 Å². The van der Waals surface area contributed by atoms with E-state index in [1.165, 1.54) is 29.1 Å². The standard InChI is InChI=1S/C30H34N2O7S/c1-7-38-23-14-19(8-10-21(23)33)15-25-28(34)32-27(26(29(35)37-6)18(4)31-30(32)40-25)20-9-11-22(24(16-20)36-5)39-13-12-17(2)3/h8-11,14-17,27,33H,7,12-13H2,1-6H3/b25-15-. The molecule has 2 aromatic carbocycles. The van der Waals surface area contributed by atoms with Crippen molar-refractivity contribution in [3.8, 4) is 23.0 Å². The Kier molecular flexibility index (Phi) is 8.99. The SMILES string of the molecule is CCOc1cc(/C=c2\sc3n(c2=O)C(c2ccc(OCCC(C)C)c(OC)c2)C(C(=O)OC)=C(C)N=3)ccc1O.